The van der Waals surface area contributed by atoms with Crippen molar-refractivity contribution in [3.05, 3.63) is 76.8 Å². The molecule has 32 heavy (non-hydrogen) atoms. The molecule has 1 aliphatic heterocycles. The largest absolute Gasteiger partial charge is 0.357 e. The van der Waals surface area contributed by atoms with Gasteiger partial charge in [-0.1, -0.05) is 61.0 Å². The van der Waals surface area contributed by atoms with E-state index in [2.05, 4.69) is 5.32 Å². The molecule has 0 saturated carbocycles. The Morgan fingerprint density at radius 1 is 1.06 bits per heavy atom. The average Bonchev–Trinajstić information content (AvgIpc) is 3.08. The minimum atomic E-state index is -0.681. The summed E-state index contributed by atoms with van der Waals surface area (Å²) in [6.07, 6.45) is 0.430. The van der Waals surface area contributed by atoms with Crippen LogP contribution < -0.4 is 10.2 Å². The van der Waals surface area contributed by atoms with Crippen LogP contribution in [0.5, 0.6) is 0 Å². The van der Waals surface area contributed by atoms with Crippen LogP contribution >= 0.6 is 11.6 Å². The highest BCUT2D eigenvalue weighted by atomic mass is 35.5. The van der Waals surface area contributed by atoms with Gasteiger partial charge in [-0.25, -0.2) is 0 Å². The molecule has 1 atom stereocenters. The van der Waals surface area contributed by atoms with E-state index in [1.165, 1.54) is 9.80 Å². The number of nitrogens with one attached hydrogen (secondary N) is 1. The van der Waals surface area contributed by atoms with E-state index in [1.807, 2.05) is 55.5 Å². The smallest absolute Gasteiger partial charge is 0.259 e. The van der Waals surface area contributed by atoms with Crippen molar-refractivity contribution in [2.75, 3.05) is 18.5 Å². The van der Waals surface area contributed by atoms with Gasteiger partial charge in [-0.15, -0.1) is 0 Å². The van der Waals surface area contributed by atoms with Crippen LogP contribution in [0.4, 0.5) is 5.69 Å². The number of carbonyl (C=O) groups is 3. The molecular weight excluding hydrogens is 426 g/mol. The summed E-state index contributed by atoms with van der Waals surface area (Å²) < 4.78 is 0. The lowest BCUT2D eigenvalue weighted by Gasteiger charge is -2.32. The molecule has 0 radical (unpaired) electrons. The van der Waals surface area contributed by atoms with E-state index in [0.29, 0.717) is 22.7 Å². The Hall–Kier alpha value is -3.38. The van der Waals surface area contributed by atoms with Gasteiger partial charge in [0.1, 0.15) is 12.6 Å². The number of likely N-dealkylation sites (N-methyl/N-ethyl adjacent to an activating group) is 1. The van der Waals surface area contributed by atoms with Gasteiger partial charge in [0.25, 0.3) is 5.91 Å². The minimum Gasteiger partial charge on any atom is -0.357 e. The van der Waals surface area contributed by atoms with Gasteiger partial charge in [0.05, 0.1) is 5.69 Å². The summed E-state index contributed by atoms with van der Waals surface area (Å²) in [4.78, 5) is 42.3. The molecule has 1 N–H and O–H groups in total. The van der Waals surface area contributed by atoms with Gasteiger partial charge in [0, 0.05) is 29.6 Å². The first kappa shape index (κ1) is 21.8. The number of benzene rings is 3. The molecular formula is C25H24ClN3O3. The van der Waals surface area contributed by atoms with Crippen molar-refractivity contribution in [2.24, 2.45) is 0 Å². The first-order valence-electron chi connectivity index (χ1n) is 10.5. The number of hydrogen-bond donors (Lipinski definition) is 1. The average molecular weight is 450 g/mol. The van der Waals surface area contributed by atoms with Crippen molar-refractivity contribution in [3.8, 4) is 0 Å². The lowest BCUT2D eigenvalue weighted by Crippen LogP contribution is -2.51. The standard InChI is InChI=1S/C25H24ClN3O3/c1-3-20(24(31)27-2)28(14-17-8-4-5-12-19(17)26)22(30)15-29-21-13-7-10-16-9-6-11-18(23(16)21)25(29)32/h4-13,20H,3,14-15H2,1-2H3,(H,27,31)/t20-/m1/s1. The summed E-state index contributed by atoms with van der Waals surface area (Å²) in [5.41, 5.74) is 2.03. The summed E-state index contributed by atoms with van der Waals surface area (Å²) in [6, 6.07) is 17.8. The van der Waals surface area contributed by atoms with Gasteiger partial charge in [-0.3, -0.25) is 19.3 Å². The van der Waals surface area contributed by atoms with Gasteiger partial charge >= 0.3 is 0 Å². The Morgan fingerprint density at radius 2 is 1.78 bits per heavy atom. The maximum Gasteiger partial charge on any atom is 0.259 e. The van der Waals surface area contributed by atoms with Gasteiger partial charge in [-0.05, 0) is 35.6 Å². The fourth-order valence-corrected chi connectivity index (χ4v) is 4.45. The Bertz CT molecular complexity index is 1200. The third-order valence-corrected chi connectivity index (χ3v) is 6.24. The topological polar surface area (TPSA) is 69.7 Å². The summed E-state index contributed by atoms with van der Waals surface area (Å²) in [5, 5.41) is 4.96. The van der Waals surface area contributed by atoms with E-state index in [1.54, 1.807) is 19.2 Å². The molecule has 0 spiro atoms. The van der Waals surface area contributed by atoms with E-state index < -0.39 is 6.04 Å². The van der Waals surface area contributed by atoms with Crippen molar-refractivity contribution in [3.63, 3.8) is 0 Å². The molecule has 0 saturated heterocycles. The fraction of sp³-hybridized carbons (Fsp3) is 0.240. The van der Waals surface area contributed by atoms with Crippen LogP contribution in [0.2, 0.25) is 5.02 Å². The molecule has 3 amide bonds. The van der Waals surface area contributed by atoms with Crippen molar-refractivity contribution in [1.29, 1.82) is 0 Å². The summed E-state index contributed by atoms with van der Waals surface area (Å²) in [6.45, 7) is 1.86. The van der Waals surface area contributed by atoms with Crippen molar-refractivity contribution >= 4 is 45.8 Å². The second-order valence-electron chi connectivity index (χ2n) is 7.72. The third-order valence-electron chi connectivity index (χ3n) is 5.87. The van der Waals surface area contributed by atoms with Crippen LogP contribution in [0.25, 0.3) is 10.8 Å². The molecule has 1 aliphatic rings. The molecule has 164 valence electrons. The number of nitrogens with zero attached hydrogens (tertiary/aromatic N) is 2. The number of hydrogen-bond acceptors (Lipinski definition) is 3. The molecule has 6 nitrogen and oxygen atoms in total. The van der Waals surface area contributed by atoms with Gasteiger partial charge in [0.15, 0.2) is 0 Å². The number of halogens is 1. The fourth-order valence-electron chi connectivity index (χ4n) is 4.26. The molecule has 4 rings (SSSR count). The molecule has 0 aromatic heterocycles. The molecule has 7 heteroatoms. The zero-order chi connectivity index (χ0) is 22.8. The Kier molecular flexibility index (Phi) is 6.15. The summed E-state index contributed by atoms with van der Waals surface area (Å²) >= 11 is 6.34. The molecule has 0 fully saturated rings. The van der Waals surface area contributed by atoms with Crippen LogP contribution in [-0.4, -0.2) is 42.3 Å². The van der Waals surface area contributed by atoms with Crippen LogP contribution in [0.3, 0.4) is 0 Å². The van der Waals surface area contributed by atoms with Crippen LogP contribution in [-0.2, 0) is 16.1 Å². The Morgan fingerprint density at radius 3 is 2.47 bits per heavy atom. The van der Waals surface area contributed by atoms with Crippen molar-refractivity contribution < 1.29 is 14.4 Å². The monoisotopic (exact) mass is 449 g/mol. The number of rotatable bonds is 7. The lowest BCUT2D eigenvalue weighted by molar-refractivity contribution is -0.140. The van der Waals surface area contributed by atoms with Crippen molar-refractivity contribution in [2.45, 2.75) is 25.9 Å². The van der Waals surface area contributed by atoms with Crippen LogP contribution in [0, 0.1) is 0 Å². The highest BCUT2D eigenvalue weighted by Crippen LogP contribution is 2.37. The highest BCUT2D eigenvalue weighted by Gasteiger charge is 2.35. The van der Waals surface area contributed by atoms with Crippen LogP contribution in [0.1, 0.15) is 29.3 Å². The van der Waals surface area contributed by atoms with Crippen LogP contribution in [0.15, 0.2) is 60.7 Å². The van der Waals surface area contributed by atoms with E-state index in [9.17, 15) is 14.4 Å². The van der Waals surface area contributed by atoms with Gasteiger partial charge < -0.3 is 10.2 Å². The predicted octanol–water partition coefficient (Wildman–Crippen LogP) is 4.01. The van der Waals surface area contributed by atoms with E-state index in [-0.39, 0.29) is 30.8 Å². The van der Waals surface area contributed by atoms with E-state index >= 15 is 0 Å². The highest BCUT2D eigenvalue weighted by molar-refractivity contribution is 6.31. The molecule has 3 aromatic carbocycles. The zero-order valence-electron chi connectivity index (χ0n) is 18.0. The van der Waals surface area contributed by atoms with Crippen molar-refractivity contribution in [1.82, 2.24) is 10.2 Å². The molecule has 0 bridgehead atoms. The van der Waals surface area contributed by atoms with E-state index in [0.717, 1.165) is 16.3 Å². The summed E-state index contributed by atoms with van der Waals surface area (Å²) in [7, 11) is 1.55. The minimum absolute atomic E-state index is 0.162. The third kappa shape index (κ3) is 3.82. The zero-order valence-corrected chi connectivity index (χ0v) is 18.7. The SMILES string of the molecule is CC[C@H](C(=O)NC)N(Cc1ccccc1Cl)C(=O)CN1C(=O)c2cccc3cccc1c23. The molecule has 0 unspecified atom stereocenters. The second-order valence-corrected chi connectivity index (χ2v) is 8.13. The number of anilines is 1. The maximum atomic E-state index is 13.6. The number of carbonyl (C=O) groups excluding carboxylic acids is 3. The van der Waals surface area contributed by atoms with Gasteiger partial charge in [0.2, 0.25) is 11.8 Å². The quantitative estimate of drug-likeness (QED) is 0.592. The van der Waals surface area contributed by atoms with Gasteiger partial charge in [-0.2, -0.15) is 0 Å². The Labute approximate surface area is 191 Å². The normalized spacial score (nSPS) is 13.3. The molecule has 0 aliphatic carbocycles. The second kappa shape index (κ2) is 9.01. The Balaban J connectivity index is 1.67. The first-order chi connectivity index (χ1) is 15.5. The lowest BCUT2D eigenvalue weighted by atomic mass is 10.1. The molecule has 3 aromatic rings. The van der Waals surface area contributed by atoms with E-state index in [4.69, 9.17) is 11.6 Å². The number of amides is 3. The maximum absolute atomic E-state index is 13.6. The summed E-state index contributed by atoms with van der Waals surface area (Å²) in [5.74, 6) is -0.791. The first-order valence-corrected chi connectivity index (χ1v) is 10.9. The predicted molar refractivity (Wildman–Crippen MR) is 126 cm³/mol. The molecule has 1 heterocycles.